The third-order valence-electron chi connectivity index (χ3n) is 3.30. The molecule has 1 atom stereocenters. The van der Waals surface area contributed by atoms with E-state index in [1.54, 1.807) is 0 Å². The van der Waals surface area contributed by atoms with Crippen LogP contribution in [0.5, 0.6) is 0 Å². The Labute approximate surface area is 94.5 Å². The summed E-state index contributed by atoms with van der Waals surface area (Å²) in [6.45, 7) is 6.05. The quantitative estimate of drug-likeness (QED) is 0.711. The predicted molar refractivity (Wildman–Crippen MR) is 65.0 cm³/mol. The zero-order chi connectivity index (χ0) is 11.3. The number of hydrogen-bond donors (Lipinski definition) is 2. The molecule has 0 bridgehead atoms. The molecule has 1 aliphatic rings. The molecule has 0 saturated heterocycles. The lowest BCUT2D eigenvalue weighted by Gasteiger charge is -2.21. The zero-order valence-electron chi connectivity index (χ0n) is 10.6. The molecule has 15 heavy (non-hydrogen) atoms. The van der Waals surface area contributed by atoms with Crippen LogP contribution in [0.4, 0.5) is 0 Å². The first-order valence-electron chi connectivity index (χ1n) is 6.46. The summed E-state index contributed by atoms with van der Waals surface area (Å²) in [5.41, 5.74) is -0.493. The van der Waals surface area contributed by atoms with Crippen molar-refractivity contribution >= 4 is 0 Å². The second-order valence-corrected chi connectivity index (χ2v) is 5.75. The van der Waals surface area contributed by atoms with Gasteiger partial charge < -0.3 is 10.4 Å². The molecule has 0 aromatic rings. The average Bonchev–Trinajstić information content (AvgIpc) is 2.54. The molecule has 2 nitrogen and oxygen atoms in total. The van der Waals surface area contributed by atoms with Gasteiger partial charge >= 0.3 is 0 Å². The summed E-state index contributed by atoms with van der Waals surface area (Å²) in [4.78, 5) is 0. The lowest BCUT2D eigenvalue weighted by molar-refractivity contribution is 0.0674. The summed E-state index contributed by atoms with van der Waals surface area (Å²) in [7, 11) is 0. The maximum absolute atomic E-state index is 9.59. The Morgan fingerprint density at radius 3 is 2.47 bits per heavy atom. The molecular weight excluding hydrogens is 186 g/mol. The van der Waals surface area contributed by atoms with Crippen LogP contribution in [0, 0.1) is 0 Å². The van der Waals surface area contributed by atoms with Crippen molar-refractivity contribution in [2.24, 2.45) is 0 Å². The van der Waals surface area contributed by atoms with Gasteiger partial charge in [0.25, 0.3) is 0 Å². The van der Waals surface area contributed by atoms with Crippen LogP contribution >= 0.6 is 0 Å². The fraction of sp³-hybridized carbons (Fsp3) is 1.00. The number of rotatable bonds is 6. The minimum atomic E-state index is -0.493. The highest BCUT2D eigenvalue weighted by Gasteiger charge is 2.17. The third-order valence-corrected chi connectivity index (χ3v) is 3.30. The SMILES string of the molecule is CC(CCCC(C)(C)O)NC1CCCC1. The van der Waals surface area contributed by atoms with Crippen molar-refractivity contribution in [2.75, 3.05) is 0 Å². The Balaban J connectivity index is 2.05. The lowest BCUT2D eigenvalue weighted by Crippen LogP contribution is -2.34. The molecule has 90 valence electrons. The van der Waals surface area contributed by atoms with E-state index in [1.165, 1.54) is 32.1 Å². The minimum Gasteiger partial charge on any atom is -0.390 e. The highest BCUT2D eigenvalue weighted by atomic mass is 16.3. The summed E-state index contributed by atoms with van der Waals surface area (Å²) in [5.74, 6) is 0. The summed E-state index contributed by atoms with van der Waals surface area (Å²) < 4.78 is 0. The first-order valence-corrected chi connectivity index (χ1v) is 6.46. The summed E-state index contributed by atoms with van der Waals surface area (Å²) in [6, 6.07) is 1.37. The molecule has 0 heterocycles. The minimum absolute atomic E-state index is 0.493. The first kappa shape index (κ1) is 13.0. The van der Waals surface area contributed by atoms with Gasteiger partial charge in [-0.15, -0.1) is 0 Å². The van der Waals surface area contributed by atoms with Gasteiger partial charge in [0.2, 0.25) is 0 Å². The maximum Gasteiger partial charge on any atom is 0.0591 e. The smallest absolute Gasteiger partial charge is 0.0591 e. The molecule has 0 spiro atoms. The van der Waals surface area contributed by atoms with Gasteiger partial charge in [-0.25, -0.2) is 0 Å². The number of hydrogen-bond acceptors (Lipinski definition) is 2. The van der Waals surface area contributed by atoms with Crippen molar-refractivity contribution in [1.82, 2.24) is 5.32 Å². The summed E-state index contributed by atoms with van der Waals surface area (Å²) in [5, 5.41) is 13.3. The van der Waals surface area contributed by atoms with Crippen molar-refractivity contribution in [3.05, 3.63) is 0 Å². The third kappa shape index (κ3) is 6.16. The van der Waals surface area contributed by atoms with Gasteiger partial charge in [-0.3, -0.25) is 0 Å². The average molecular weight is 213 g/mol. The molecule has 1 aliphatic carbocycles. The molecule has 0 aromatic heterocycles. The van der Waals surface area contributed by atoms with Crippen molar-refractivity contribution in [1.29, 1.82) is 0 Å². The highest BCUT2D eigenvalue weighted by molar-refractivity contribution is 4.77. The molecule has 0 aromatic carbocycles. The van der Waals surface area contributed by atoms with Crippen LogP contribution in [0.2, 0.25) is 0 Å². The van der Waals surface area contributed by atoms with Gasteiger partial charge in [-0.2, -0.15) is 0 Å². The van der Waals surface area contributed by atoms with Crippen LogP contribution in [0.3, 0.4) is 0 Å². The van der Waals surface area contributed by atoms with E-state index < -0.39 is 5.60 Å². The van der Waals surface area contributed by atoms with Crippen LogP contribution in [-0.4, -0.2) is 22.8 Å². The molecule has 1 fully saturated rings. The van der Waals surface area contributed by atoms with E-state index in [0.29, 0.717) is 6.04 Å². The Kier molecular flexibility index (Phi) is 5.07. The Morgan fingerprint density at radius 2 is 1.93 bits per heavy atom. The van der Waals surface area contributed by atoms with E-state index in [-0.39, 0.29) is 0 Å². The molecule has 1 rings (SSSR count). The molecule has 2 N–H and O–H groups in total. The molecule has 0 amide bonds. The summed E-state index contributed by atoms with van der Waals surface area (Å²) in [6.07, 6.45) is 8.71. The van der Waals surface area contributed by atoms with Gasteiger partial charge in [-0.05, 0) is 52.9 Å². The summed E-state index contributed by atoms with van der Waals surface area (Å²) >= 11 is 0. The van der Waals surface area contributed by atoms with Crippen LogP contribution < -0.4 is 5.32 Å². The van der Waals surface area contributed by atoms with Gasteiger partial charge in [-0.1, -0.05) is 12.8 Å². The van der Waals surface area contributed by atoms with Crippen LogP contribution in [0.1, 0.15) is 65.7 Å². The van der Waals surface area contributed by atoms with E-state index in [1.807, 2.05) is 13.8 Å². The normalized spacial score (nSPS) is 20.8. The molecule has 0 aliphatic heterocycles. The van der Waals surface area contributed by atoms with Crippen LogP contribution in [-0.2, 0) is 0 Å². The van der Waals surface area contributed by atoms with Gasteiger partial charge in [0.1, 0.15) is 0 Å². The van der Waals surface area contributed by atoms with E-state index in [4.69, 9.17) is 0 Å². The Morgan fingerprint density at radius 1 is 1.33 bits per heavy atom. The molecule has 1 saturated carbocycles. The molecule has 1 unspecified atom stereocenters. The van der Waals surface area contributed by atoms with Crippen LogP contribution in [0.15, 0.2) is 0 Å². The van der Waals surface area contributed by atoms with Gasteiger partial charge in [0.15, 0.2) is 0 Å². The number of nitrogens with one attached hydrogen (secondary N) is 1. The van der Waals surface area contributed by atoms with Crippen molar-refractivity contribution < 1.29 is 5.11 Å². The topological polar surface area (TPSA) is 32.3 Å². The van der Waals surface area contributed by atoms with Crippen molar-refractivity contribution in [2.45, 2.75) is 83.4 Å². The zero-order valence-corrected chi connectivity index (χ0v) is 10.6. The van der Waals surface area contributed by atoms with Gasteiger partial charge in [0.05, 0.1) is 5.60 Å². The monoisotopic (exact) mass is 213 g/mol. The van der Waals surface area contributed by atoms with Crippen LogP contribution in [0.25, 0.3) is 0 Å². The van der Waals surface area contributed by atoms with E-state index >= 15 is 0 Å². The molecule has 2 heteroatoms. The fourth-order valence-electron chi connectivity index (χ4n) is 2.42. The van der Waals surface area contributed by atoms with Gasteiger partial charge in [0, 0.05) is 12.1 Å². The molecule has 0 radical (unpaired) electrons. The molecular formula is C13H27NO. The van der Waals surface area contributed by atoms with E-state index in [9.17, 15) is 5.11 Å². The Hall–Kier alpha value is -0.0800. The standard InChI is InChI=1S/C13H27NO/c1-11(7-6-10-13(2,3)15)14-12-8-4-5-9-12/h11-12,14-15H,4-10H2,1-3H3. The second kappa shape index (κ2) is 5.86. The highest BCUT2D eigenvalue weighted by Crippen LogP contribution is 2.19. The van der Waals surface area contributed by atoms with E-state index in [0.717, 1.165) is 18.9 Å². The number of aliphatic hydroxyl groups is 1. The maximum atomic E-state index is 9.59. The van der Waals surface area contributed by atoms with Crippen molar-refractivity contribution in [3.63, 3.8) is 0 Å². The largest absolute Gasteiger partial charge is 0.390 e. The lowest BCUT2D eigenvalue weighted by atomic mass is 9.99. The van der Waals surface area contributed by atoms with E-state index in [2.05, 4.69) is 12.2 Å². The first-order chi connectivity index (χ1) is 6.97. The predicted octanol–water partition coefficient (Wildman–Crippen LogP) is 2.85. The second-order valence-electron chi connectivity index (χ2n) is 5.75. The fourth-order valence-corrected chi connectivity index (χ4v) is 2.42. The van der Waals surface area contributed by atoms with Crippen molar-refractivity contribution in [3.8, 4) is 0 Å². The Bertz CT molecular complexity index is 168.